The Morgan fingerprint density at radius 1 is 1.02 bits per heavy atom. The minimum Gasteiger partial charge on any atom is -0.496 e. The van der Waals surface area contributed by atoms with Crippen LogP contribution in [0.5, 0.6) is 5.75 Å². The summed E-state index contributed by atoms with van der Waals surface area (Å²) in [6, 6.07) is 4.09. The minimum atomic E-state index is -4.86. The summed E-state index contributed by atoms with van der Waals surface area (Å²) in [5.74, 6) is -5.91. The lowest BCUT2D eigenvalue weighted by molar-refractivity contribution is -0.167. The molecule has 0 bridgehead atoms. The van der Waals surface area contributed by atoms with Gasteiger partial charge in [0.25, 0.3) is 5.91 Å². The molecule has 3 heterocycles. The van der Waals surface area contributed by atoms with Gasteiger partial charge in [-0.2, -0.15) is 26.3 Å². The number of benzene rings is 2. The third-order valence-corrected chi connectivity index (χ3v) is 7.84. The number of nitrogens with one attached hydrogen (secondary N) is 1. The smallest absolute Gasteiger partial charge is 0.422 e. The van der Waals surface area contributed by atoms with Crippen LogP contribution in [0.15, 0.2) is 54.9 Å². The van der Waals surface area contributed by atoms with E-state index < -0.39 is 82.8 Å². The molecule has 9 nitrogen and oxygen atoms in total. The number of methoxy groups -OCH3 is 2. The van der Waals surface area contributed by atoms with E-state index in [9.17, 15) is 35.9 Å². The molecule has 1 N–H and O–H groups in total. The Bertz CT molecular complexity index is 1860. The molecule has 1 amide bonds. The average Bonchev–Trinajstić information content (AvgIpc) is 3.06. The van der Waals surface area contributed by atoms with Crippen LogP contribution in [0, 0.1) is 11.6 Å². The molecule has 0 saturated carbocycles. The summed E-state index contributed by atoms with van der Waals surface area (Å²) >= 11 is 0. The first kappa shape index (κ1) is 35.3. The quantitative estimate of drug-likeness (QED) is 0.180. The van der Waals surface area contributed by atoms with Crippen molar-refractivity contribution in [2.24, 2.45) is 0 Å². The van der Waals surface area contributed by atoms with E-state index in [2.05, 4.69) is 15.3 Å². The Morgan fingerprint density at radius 2 is 1.73 bits per heavy atom. The van der Waals surface area contributed by atoms with Gasteiger partial charge in [0, 0.05) is 42.0 Å². The fraction of sp³-hybridized carbons (Fsp3) is 0.312. The highest BCUT2D eigenvalue weighted by Crippen LogP contribution is 2.43. The average molecular weight is 699 g/mol. The maximum Gasteiger partial charge on any atom is 0.422 e. The number of hydrogen-bond donors (Lipinski definition) is 1. The van der Waals surface area contributed by atoms with Gasteiger partial charge in [0.15, 0.2) is 0 Å². The number of aromatic nitrogens is 2. The van der Waals surface area contributed by atoms with Crippen LogP contribution >= 0.6 is 0 Å². The van der Waals surface area contributed by atoms with E-state index in [1.807, 2.05) is 0 Å². The Balaban J connectivity index is 1.48. The molecule has 1 aliphatic rings. The Morgan fingerprint density at radius 3 is 2.37 bits per heavy atom. The summed E-state index contributed by atoms with van der Waals surface area (Å²) in [6.45, 7) is -1.23. The van der Waals surface area contributed by atoms with Crippen LogP contribution in [0.4, 0.5) is 40.8 Å². The Kier molecular flexibility index (Phi) is 9.94. The van der Waals surface area contributed by atoms with Crippen molar-refractivity contribution in [3.8, 4) is 17.0 Å². The van der Waals surface area contributed by atoms with Crippen molar-refractivity contribution < 1.29 is 58.9 Å². The van der Waals surface area contributed by atoms with Crippen LogP contribution in [-0.2, 0) is 26.9 Å². The predicted octanol–water partition coefficient (Wildman–Crippen LogP) is 5.88. The van der Waals surface area contributed by atoms with E-state index in [0.29, 0.717) is 12.1 Å². The molecule has 49 heavy (non-hydrogen) atoms. The second-order valence-electron chi connectivity index (χ2n) is 10.8. The summed E-state index contributed by atoms with van der Waals surface area (Å²) in [4.78, 5) is 34.8. The second kappa shape index (κ2) is 13.8. The Hall–Kier alpha value is -5.06. The number of anilines is 1. The fourth-order valence-corrected chi connectivity index (χ4v) is 5.61. The van der Waals surface area contributed by atoms with Crippen LogP contribution in [0.3, 0.4) is 0 Å². The standard InChI is InChI=1S/C32H26F8N4O5/c1-47-23-7-9-42-28(26(23)32(38,39)40)19-6-5-16(18-4-3-8-41-27(18)19)12-22(30(46)48-2)43-29(45)25-20(33)13-17(14-21(25)34)44-10-11-49-15-24(44)31(35,36)37/h3-9,13-14,22,24H,10-12,15H2,1-2H3,(H,43,45)/t22-,24+/m0/s1. The van der Waals surface area contributed by atoms with Crippen LogP contribution in [0.25, 0.3) is 22.2 Å². The van der Waals surface area contributed by atoms with Crippen molar-refractivity contribution in [2.45, 2.75) is 30.9 Å². The van der Waals surface area contributed by atoms with E-state index >= 15 is 8.78 Å². The van der Waals surface area contributed by atoms with Gasteiger partial charge in [0.05, 0.1) is 38.6 Å². The number of pyridine rings is 2. The number of morpholine rings is 1. The van der Waals surface area contributed by atoms with E-state index in [-0.39, 0.29) is 41.6 Å². The number of ether oxygens (including phenoxy) is 3. The molecule has 1 fully saturated rings. The topological polar surface area (TPSA) is 103 Å². The van der Waals surface area contributed by atoms with Gasteiger partial charge < -0.3 is 24.4 Å². The van der Waals surface area contributed by atoms with E-state index in [4.69, 9.17) is 14.2 Å². The molecule has 0 spiro atoms. The van der Waals surface area contributed by atoms with E-state index in [1.54, 1.807) is 0 Å². The summed E-state index contributed by atoms with van der Waals surface area (Å²) in [7, 11) is 2.07. The van der Waals surface area contributed by atoms with Gasteiger partial charge in [-0.1, -0.05) is 18.2 Å². The van der Waals surface area contributed by atoms with Gasteiger partial charge >= 0.3 is 18.3 Å². The van der Waals surface area contributed by atoms with Crippen LogP contribution in [0.1, 0.15) is 21.5 Å². The highest BCUT2D eigenvalue weighted by Gasteiger charge is 2.46. The highest BCUT2D eigenvalue weighted by molar-refractivity contribution is 5.99. The first-order valence-electron chi connectivity index (χ1n) is 14.4. The van der Waals surface area contributed by atoms with Crippen molar-refractivity contribution in [3.05, 3.63) is 83.2 Å². The van der Waals surface area contributed by atoms with E-state index in [0.717, 1.165) is 31.4 Å². The zero-order chi connectivity index (χ0) is 35.7. The molecule has 2 aromatic heterocycles. The molecule has 4 aromatic rings. The molecular formula is C32H26F8N4O5. The summed E-state index contributed by atoms with van der Waals surface area (Å²) < 4.78 is 128. The lowest BCUT2D eigenvalue weighted by Gasteiger charge is -2.38. The Labute approximate surface area is 272 Å². The lowest BCUT2D eigenvalue weighted by Crippen LogP contribution is -2.53. The van der Waals surface area contributed by atoms with Crippen LogP contribution in [-0.4, -0.2) is 74.1 Å². The maximum atomic E-state index is 15.2. The van der Waals surface area contributed by atoms with Gasteiger partial charge in [-0.15, -0.1) is 0 Å². The van der Waals surface area contributed by atoms with Crippen molar-refractivity contribution in [2.75, 3.05) is 38.9 Å². The number of hydrogen-bond acceptors (Lipinski definition) is 8. The number of esters is 1. The number of carbonyl (C=O) groups excluding carboxylic acids is 2. The number of rotatable bonds is 8. The molecule has 260 valence electrons. The van der Waals surface area contributed by atoms with E-state index in [1.165, 1.54) is 30.5 Å². The summed E-state index contributed by atoms with van der Waals surface area (Å²) in [5.41, 5.74) is -2.96. The molecule has 2 atom stereocenters. The van der Waals surface area contributed by atoms with Gasteiger partial charge in [0.2, 0.25) is 0 Å². The molecule has 0 unspecified atom stereocenters. The molecule has 0 radical (unpaired) electrons. The number of nitrogens with zero attached hydrogens (tertiary/aromatic N) is 3. The number of carbonyl (C=O) groups is 2. The normalized spacial score (nSPS) is 16.0. The SMILES string of the molecule is COC(=O)[C@H](Cc1ccc(-c2nccc(OC)c2C(F)(F)F)c2ncccc12)NC(=O)c1c(F)cc(N2CCOC[C@@H]2C(F)(F)F)cc1F. The third-order valence-electron chi connectivity index (χ3n) is 7.84. The first-order valence-corrected chi connectivity index (χ1v) is 14.4. The zero-order valence-electron chi connectivity index (χ0n) is 25.6. The molecular weight excluding hydrogens is 672 g/mol. The number of amides is 1. The first-order chi connectivity index (χ1) is 23.1. The highest BCUT2D eigenvalue weighted by atomic mass is 19.4. The number of fused-ring (bicyclic) bond motifs is 1. The fourth-order valence-electron chi connectivity index (χ4n) is 5.61. The van der Waals surface area contributed by atoms with Gasteiger partial charge in [0.1, 0.15) is 40.6 Å². The maximum absolute atomic E-state index is 15.2. The molecule has 17 heteroatoms. The molecule has 5 rings (SSSR count). The molecule has 2 aromatic carbocycles. The summed E-state index contributed by atoms with van der Waals surface area (Å²) in [6.07, 6.45) is -7.55. The molecule has 1 aliphatic heterocycles. The minimum absolute atomic E-state index is 0.0264. The number of halogens is 8. The second-order valence-corrected chi connectivity index (χ2v) is 10.8. The van der Waals surface area contributed by atoms with Crippen molar-refractivity contribution in [1.29, 1.82) is 0 Å². The van der Waals surface area contributed by atoms with Gasteiger partial charge in [-0.3, -0.25) is 14.8 Å². The third kappa shape index (κ3) is 7.21. The lowest BCUT2D eigenvalue weighted by atomic mass is 9.95. The predicted molar refractivity (Wildman–Crippen MR) is 158 cm³/mol. The number of alkyl halides is 6. The molecule has 1 saturated heterocycles. The van der Waals surface area contributed by atoms with Gasteiger partial charge in [-0.25, -0.2) is 13.6 Å². The van der Waals surface area contributed by atoms with Crippen LogP contribution < -0.4 is 15.0 Å². The van der Waals surface area contributed by atoms with Crippen molar-refractivity contribution in [3.63, 3.8) is 0 Å². The zero-order valence-corrected chi connectivity index (χ0v) is 25.6. The van der Waals surface area contributed by atoms with Gasteiger partial charge in [-0.05, 0) is 29.8 Å². The van der Waals surface area contributed by atoms with Crippen molar-refractivity contribution >= 4 is 28.5 Å². The van der Waals surface area contributed by atoms with Crippen molar-refractivity contribution in [1.82, 2.24) is 15.3 Å². The molecule has 0 aliphatic carbocycles. The largest absolute Gasteiger partial charge is 0.496 e. The summed E-state index contributed by atoms with van der Waals surface area (Å²) in [5, 5.41) is 2.45. The monoisotopic (exact) mass is 698 g/mol. The van der Waals surface area contributed by atoms with Crippen LogP contribution in [0.2, 0.25) is 0 Å².